The zero-order valence-corrected chi connectivity index (χ0v) is 8.18. The van der Waals surface area contributed by atoms with Crippen LogP contribution in [0.3, 0.4) is 0 Å². The van der Waals surface area contributed by atoms with Gasteiger partial charge in [-0.15, -0.1) is 0 Å². The number of ether oxygens (including phenoxy) is 1. The molecule has 0 rings (SSSR count). The van der Waals surface area contributed by atoms with Crippen molar-refractivity contribution >= 4 is 13.7 Å². The maximum absolute atomic E-state index is 10.5. The number of carboxylic acid groups (broad SMARTS) is 1. The lowest BCUT2D eigenvalue weighted by Crippen LogP contribution is -2.39. The molecule has 0 saturated heterocycles. The predicted molar refractivity (Wildman–Crippen MR) is 46.5 cm³/mol. The molecule has 0 aromatic rings. The molecule has 0 saturated carbocycles. The Morgan fingerprint density at radius 1 is 1.57 bits per heavy atom. The second kappa shape index (κ2) is 6.07. The van der Waals surface area contributed by atoms with Crippen molar-refractivity contribution in [1.82, 2.24) is 5.09 Å². The van der Waals surface area contributed by atoms with Gasteiger partial charge in [-0.25, -0.2) is 9.65 Å². The maximum atomic E-state index is 10.5. The number of hydrogen-bond acceptors (Lipinski definition) is 4. The van der Waals surface area contributed by atoms with Crippen molar-refractivity contribution in [1.29, 1.82) is 0 Å². The van der Waals surface area contributed by atoms with Crippen molar-refractivity contribution in [2.24, 2.45) is 5.73 Å². The number of carboxylic acids is 1. The first-order chi connectivity index (χ1) is 6.37. The molecule has 0 aliphatic carbocycles. The van der Waals surface area contributed by atoms with Crippen molar-refractivity contribution in [3.8, 4) is 0 Å². The van der Waals surface area contributed by atoms with Crippen LogP contribution in [0, 0.1) is 0 Å². The minimum Gasteiger partial charge on any atom is -0.480 e. The molecule has 0 aliphatic heterocycles. The normalized spacial score (nSPS) is 13.9. The molecule has 0 spiro atoms. The summed E-state index contributed by atoms with van der Waals surface area (Å²) in [5.74, 6) is -1.40. The topological polar surface area (TPSA) is 142 Å². The Hall–Kier alpha value is -0.500. The maximum Gasteiger partial charge on any atom is 0.401 e. The van der Waals surface area contributed by atoms with Crippen LogP contribution in [0.25, 0.3) is 0 Å². The SMILES string of the molecule is NCCOC[C@H](NP(=O)(O)O)C(=O)O. The van der Waals surface area contributed by atoms with E-state index in [4.69, 9.17) is 25.4 Å². The molecule has 0 aromatic carbocycles. The van der Waals surface area contributed by atoms with Crippen LogP contribution in [0.5, 0.6) is 0 Å². The van der Waals surface area contributed by atoms with E-state index in [1.54, 1.807) is 5.09 Å². The van der Waals surface area contributed by atoms with Crippen molar-refractivity contribution < 1.29 is 29.0 Å². The van der Waals surface area contributed by atoms with Crippen molar-refractivity contribution in [3.63, 3.8) is 0 Å². The van der Waals surface area contributed by atoms with Crippen LogP contribution >= 0.6 is 7.75 Å². The Balaban J connectivity index is 4.04. The second-order valence-corrected chi connectivity index (χ2v) is 3.77. The highest BCUT2D eigenvalue weighted by Gasteiger charge is 2.25. The lowest BCUT2D eigenvalue weighted by Gasteiger charge is -2.14. The first kappa shape index (κ1) is 13.5. The zero-order valence-electron chi connectivity index (χ0n) is 7.29. The van der Waals surface area contributed by atoms with Crippen LogP contribution in [0.4, 0.5) is 0 Å². The molecule has 6 N–H and O–H groups in total. The van der Waals surface area contributed by atoms with Crippen LogP contribution < -0.4 is 10.8 Å². The van der Waals surface area contributed by atoms with E-state index in [2.05, 4.69) is 0 Å². The van der Waals surface area contributed by atoms with Gasteiger partial charge in [0.2, 0.25) is 0 Å². The standard InChI is InChI=1S/C5H13N2O6P/c6-1-2-13-3-4(5(8)9)7-14(10,11)12/h4H,1-3,6H2,(H,8,9)(H3,7,10,11,12)/t4-/m0/s1. The lowest BCUT2D eigenvalue weighted by atomic mass is 10.3. The molecule has 0 aromatic heterocycles. The Kier molecular flexibility index (Phi) is 5.86. The molecule has 8 nitrogen and oxygen atoms in total. The monoisotopic (exact) mass is 228 g/mol. The third-order valence-corrected chi connectivity index (χ3v) is 1.82. The first-order valence-electron chi connectivity index (χ1n) is 3.71. The van der Waals surface area contributed by atoms with Gasteiger partial charge >= 0.3 is 13.7 Å². The molecule has 0 unspecified atom stereocenters. The van der Waals surface area contributed by atoms with E-state index in [9.17, 15) is 9.36 Å². The average Bonchev–Trinajstić information content (AvgIpc) is 2.00. The van der Waals surface area contributed by atoms with Gasteiger partial charge in [-0.1, -0.05) is 0 Å². The number of nitrogens with one attached hydrogen (secondary N) is 1. The molecule has 0 fully saturated rings. The van der Waals surface area contributed by atoms with E-state index >= 15 is 0 Å². The van der Waals surface area contributed by atoms with Crippen molar-refractivity contribution in [3.05, 3.63) is 0 Å². The highest BCUT2D eigenvalue weighted by atomic mass is 31.2. The summed E-state index contributed by atoms with van der Waals surface area (Å²) in [7, 11) is -4.57. The smallest absolute Gasteiger partial charge is 0.401 e. The molecule has 1 atom stereocenters. The van der Waals surface area contributed by atoms with Crippen LogP contribution in [-0.2, 0) is 14.1 Å². The van der Waals surface area contributed by atoms with Gasteiger partial charge in [0.1, 0.15) is 6.04 Å². The third kappa shape index (κ3) is 6.96. The fourth-order valence-electron chi connectivity index (χ4n) is 0.651. The number of rotatable bonds is 7. The molecule has 0 radical (unpaired) electrons. The predicted octanol–water partition coefficient (Wildman–Crippen LogP) is -1.90. The van der Waals surface area contributed by atoms with E-state index in [0.717, 1.165) is 0 Å². The summed E-state index contributed by atoms with van der Waals surface area (Å²) in [5.41, 5.74) is 5.07. The summed E-state index contributed by atoms with van der Waals surface area (Å²) in [6.07, 6.45) is 0. The van der Waals surface area contributed by atoms with E-state index < -0.39 is 19.8 Å². The second-order valence-electron chi connectivity index (χ2n) is 2.43. The summed E-state index contributed by atoms with van der Waals surface area (Å²) in [5, 5.41) is 10.1. The fraction of sp³-hybridized carbons (Fsp3) is 0.800. The molecule has 14 heavy (non-hydrogen) atoms. The summed E-state index contributed by atoms with van der Waals surface area (Å²) in [4.78, 5) is 27.4. The Morgan fingerprint density at radius 3 is 2.50 bits per heavy atom. The van der Waals surface area contributed by atoms with Gasteiger partial charge < -0.3 is 25.4 Å². The van der Waals surface area contributed by atoms with Crippen LogP contribution in [0.2, 0.25) is 0 Å². The quantitative estimate of drug-likeness (QED) is 0.251. The van der Waals surface area contributed by atoms with Gasteiger partial charge in [-0.3, -0.25) is 4.79 Å². The molecular weight excluding hydrogens is 215 g/mol. The molecule has 0 heterocycles. The van der Waals surface area contributed by atoms with Crippen molar-refractivity contribution in [2.45, 2.75) is 6.04 Å². The van der Waals surface area contributed by atoms with Crippen LogP contribution in [-0.4, -0.2) is 46.7 Å². The molecule has 9 heteroatoms. The van der Waals surface area contributed by atoms with Gasteiger partial charge in [0.25, 0.3) is 0 Å². The van der Waals surface area contributed by atoms with Crippen molar-refractivity contribution in [2.75, 3.05) is 19.8 Å². The minimum absolute atomic E-state index is 0.132. The van der Waals surface area contributed by atoms with Gasteiger partial charge in [-0.2, -0.15) is 0 Å². The largest absolute Gasteiger partial charge is 0.480 e. The van der Waals surface area contributed by atoms with E-state index in [0.29, 0.717) is 0 Å². The number of aliphatic carboxylic acids is 1. The number of hydrogen-bond donors (Lipinski definition) is 5. The summed E-state index contributed by atoms with van der Waals surface area (Å²) < 4.78 is 15.2. The molecule has 0 aliphatic rings. The van der Waals surface area contributed by atoms with Gasteiger partial charge in [-0.05, 0) is 0 Å². The van der Waals surface area contributed by atoms with E-state index in [1.165, 1.54) is 0 Å². The summed E-state index contributed by atoms with van der Waals surface area (Å²) in [6, 6.07) is -1.44. The molecule has 0 bridgehead atoms. The Morgan fingerprint density at radius 2 is 2.14 bits per heavy atom. The fourth-order valence-corrected chi connectivity index (χ4v) is 1.24. The Labute approximate surface area is 80.3 Å². The van der Waals surface area contributed by atoms with E-state index in [1.807, 2.05) is 0 Å². The van der Waals surface area contributed by atoms with Crippen LogP contribution in [0.15, 0.2) is 0 Å². The van der Waals surface area contributed by atoms with Gasteiger partial charge in [0.05, 0.1) is 13.2 Å². The Bertz CT molecular complexity index is 228. The molecule has 84 valence electrons. The third-order valence-electron chi connectivity index (χ3n) is 1.17. The van der Waals surface area contributed by atoms with Crippen LogP contribution in [0.1, 0.15) is 0 Å². The van der Waals surface area contributed by atoms with E-state index in [-0.39, 0.29) is 19.8 Å². The highest BCUT2D eigenvalue weighted by Crippen LogP contribution is 2.28. The zero-order chi connectivity index (χ0) is 11.2. The number of carbonyl (C=O) groups is 1. The summed E-state index contributed by atoms with van der Waals surface area (Å²) >= 11 is 0. The lowest BCUT2D eigenvalue weighted by molar-refractivity contribution is -0.140. The summed E-state index contributed by atoms with van der Waals surface area (Å²) in [6.45, 7) is -0.00743. The number of nitrogens with two attached hydrogens (primary N) is 1. The van der Waals surface area contributed by atoms with Gasteiger partial charge in [0.15, 0.2) is 0 Å². The highest BCUT2D eigenvalue weighted by molar-refractivity contribution is 7.49. The first-order valence-corrected chi connectivity index (χ1v) is 5.32. The minimum atomic E-state index is -4.57. The van der Waals surface area contributed by atoms with Gasteiger partial charge in [0, 0.05) is 6.54 Å². The molecule has 0 amide bonds. The average molecular weight is 228 g/mol. The molecular formula is C5H13N2O6P.